The van der Waals surface area contributed by atoms with Gasteiger partial charge < -0.3 is 4.74 Å². The molecule has 0 radical (unpaired) electrons. The molecule has 1 rings (SSSR count). The lowest BCUT2D eigenvalue weighted by atomic mass is 10.1. The van der Waals surface area contributed by atoms with Crippen LogP contribution in [0.2, 0.25) is 0 Å². The van der Waals surface area contributed by atoms with Gasteiger partial charge in [-0.25, -0.2) is 0 Å². The zero-order chi connectivity index (χ0) is 11.4. The van der Waals surface area contributed by atoms with Crippen molar-refractivity contribution in [3.8, 4) is 18.1 Å². The topological polar surface area (TPSA) is 26.3 Å². The summed E-state index contributed by atoms with van der Waals surface area (Å²) in [5.74, 6) is 3.11. The fourth-order valence-corrected chi connectivity index (χ4v) is 1.51. The fourth-order valence-electron chi connectivity index (χ4n) is 1.41. The number of carbonyl (C=O) groups excluding carboxylic acids is 1. The lowest BCUT2D eigenvalue weighted by Crippen LogP contribution is -2.00. The molecule has 0 aromatic heterocycles. The molecule has 15 heavy (non-hydrogen) atoms. The van der Waals surface area contributed by atoms with Gasteiger partial charge in [-0.05, 0) is 48.7 Å². The molecule has 0 N–H and O–H groups in total. The molecule has 0 saturated carbocycles. The summed E-state index contributed by atoms with van der Waals surface area (Å²) in [6.45, 7) is 3.92. The molecule has 0 aliphatic carbocycles. The Morgan fingerprint density at radius 2 is 2.00 bits per heavy atom. The van der Waals surface area contributed by atoms with E-state index in [1.165, 1.54) is 0 Å². The summed E-state index contributed by atoms with van der Waals surface area (Å²) < 4.78 is 5.36. The van der Waals surface area contributed by atoms with Crippen molar-refractivity contribution in [2.45, 2.75) is 13.8 Å². The van der Waals surface area contributed by atoms with Crippen LogP contribution in [0.25, 0.3) is 0 Å². The van der Waals surface area contributed by atoms with Crippen molar-refractivity contribution in [1.82, 2.24) is 0 Å². The second-order valence-corrected chi connectivity index (χ2v) is 3.55. The van der Waals surface area contributed by atoms with Crippen LogP contribution in [-0.4, -0.2) is 11.8 Å². The van der Waals surface area contributed by atoms with Gasteiger partial charge in [0.1, 0.15) is 12.4 Å². The van der Waals surface area contributed by atoms with Crippen molar-refractivity contribution in [3.05, 3.63) is 28.8 Å². The molecule has 3 heteroatoms. The Kier molecular flexibility index (Phi) is 3.76. The van der Waals surface area contributed by atoms with Crippen LogP contribution in [0.5, 0.6) is 5.75 Å². The number of hydrogen-bond acceptors (Lipinski definition) is 2. The second-order valence-electron chi connectivity index (χ2n) is 3.21. The Hall–Kier alpha value is -1.46. The normalized spacial score (nSPS) is 9.47. The van der Waals surface area contributed by atoms with Gasteiger partial charge in [-0.1, -0.05) is 5.92 Å². The Labute approximate surface area is 94.2 Å². The van der Waals surface area contributed by atoms with Gasteiger partial charge in [-0.2, -0.15) is 0 Å². The molecular formula is C12H11ClO2. The zero-order valence-corrected chi connectivity index (χ0v) is 9.39. The summed E-state index contributed by atoms with van der Waals surface area (Å²) in [4.78, 5) is 11.0. The van der Waals surface area contributed by atoms with Crippen LogP contribution >= 0.6 is 11.6 Å². The van der Waals surface area contributed by atoms with Crippen LogP contribution < -0.4 is 4.74 Å². The molecule has 0 heterocycles. The van der Waals surface area contributed by atoms with E-state index in [0.717, 1.165) is 16.9 Å². The Morgan fingerprint density at radius 3 is 2.40 bits per heavy atom. The summed E-state index contributed by atoms with van der Waals surface area (Å²) in [5, 5.41) is -0.468. The molecular weight excluding hydrogens is 212 g/mol. The number of rotatable bonds is 3. The summed E-state index contributed by atoms with van der Waals surface area (Å²) in [6, 6.07) is 3.38. The highest BCUT2D eigenvalue weighted by Crippen LogP contribution is 2.25. The number of ether oxygens (including phenoxy) is 1. The van der Waals surface area contributed by atoms with Crippen molar-refractivity contribution in [2.75, 3.05) is 6.61 Å². The van der Waals surface area contributed by atoms with Crippen molar-refractivity contribution in [2.24, 2.45) is 0 Å². The van der Waals surface area contributed by atoms with E-state index < -0.39 is 5.24 Å². The molecule has 0 spiro atoms. The maximum Gasteiger partial charge on any atom is 0.252 e. The van der Waals surface area contributed by atoms with Gasteiger partial charge in [0, 0.05) is 5.56 Å². The first-order chi connectivity index (χ1) is 7.06. The first kappa shape index (κ1) is 11.6. The zero-order valence-electron chi connectivity index (χ0n) is 8.63. The SMILES string of the molecule is C#CCOc1c(C)cc(C(=O)Cl)cc1C. The minimum atomic E-state index is -0.468. The van der Waals surface area contributed by atoms with Gasteiger partial charge in [0.15, 0.2) is 0 Å². The minimum Gasteiger partial charge on any atom is -0.480 e. The van der Waals surface area contributed by atoms with Gasteiger partial charge in [-0.3, -0.25) is 4.79 Å². The standard InChI is InChI=1S/C12H11ClO2/c1-4-5-15-11-8(2)6-10(12(13)14)7-9(11)3/h1,6-7H,5H2,2-3H3. The molecule has 0 unspecified atom stereocenters. The maximum atomic E-state index is 11.0. The van der Waals surface area contributed by atoms with Crippen molar-refractivity contribution in [1.29, 1.82) is 0 Å². The summed E-state index contributed by atoms with van der Waals surface area (Å²) in [7, 11) is 0. The van der Waals surface area contributed by atoms with Gasteiger partial charge in [0.2, 0.25) is 0 Å². The lowest BCUT2D eigenvalue weighted by molar-refractivity contribution is 0.108. The molecule has 0 amide bonds. The first-order valence-electron chi connectivity index (χ1n) is 4.43. The first-order valence-corrected chi connectivity index (χ1v) is 4.81. The Bertz CT molecular complexity index is 407. The largest absolute Gasteiger partial charge is 0.480 e. The van der Waals surface area contributed by atoms with Gasteiger partial charge in [0.05, 0.1) is 0 Å². The maximum absolute atomic E-state index is 11.0. The quantitative estimate of drug-likeness (QED) is 0.581. The van der Waals surface area contributed by atoms with Crippen molar-refractivity contribution < 1.29 is 9.53 Å². The molecule has 0 saturated heterocycles. The van der Waals surface area contributed by atoms with E-state index >= 15 is 0 Å². The van der Waals surface area contributed by atoms with E-state index in [4.69, 9.17) is 22.8 Å². The van der Waals surface area contributed by atoms with E-state index in [0.29, 0.717) is 5.56 Å². The van der Waals surface area contributed by atoms with Gasteiger partial charge in [0.25, 0.3) is 5.24 Å². The highest BCUT2D eigenvalue weighted by atomic mass is 35.5. The molecule has 1 aromatic rings. The molecule has 0 bridgehead atoms. The third kappa shape index (κ3) is 2.74. The van der Waals surface area contributed by atoms with Crippen LogP contribution in [0, 0.1) is 26.2 Å². The van der Waals surface area contributed by atoms with Gasteiger partial charge >= 0.3 is 0 Å². The van der Waals surface area contributed by atoms with E-state index in [9.17, 15) is 4.79 Å². The van der Waals surface area contributed by atoms with E-state index in [-0.39, 0.29) is 6.61 Å². The monoisotopic (exact) mass is 222 g/mol. The van der Waals surface area contributed by atoms with Crippen molar-refractivity contribution in [3.63, 3.8) is 0 Å². The highest BCUT2D eigenvalue weighted by Gasteiger charge is 2.09. The van der Waals surface area contributed by atoms with Gasteiger partial charge in [-0.15, -0.1) is 6.42 Å². The average Bonchev–Trinajstić information content (AvgIpc) is 2.16. The average molecular weight is 223 g/mol. The summed E-state index contributed by atoms with van der Waals surface area (Å²) >= 11 is 5.39. The molecule has 0 atom stereocenters. The number of hydrogen-bond donors (Lipinski definition) is 0. The number of aryl methyl sites for hydroxylation is 2. The van der Waals surface area contributed by atoms with Crippen LogP contribution in [-0.2, 0) is 0 Å². The van der Waals surface area contributed by atoms with Crippen LogP contribution in [0.15, 0.2) is 12.1 Å². The Balaban J connectivity index is 3.11. The predicted octanol–water partition coefficient (Wildman–Crippen LogP) is 2.69. The fraction of sp³-hybridized carbons (Fsp3) is 0.250. The predicted molar refractivity (Wildman–Crippen MR) is 60.4 cm³/mol. The molecule has 0 aliphatic rings. The number of benzene rings is 1. The molecule has 1 aromatic carbocycles. The van der Waals surface area contributed by atoms with Crippen molar-refractivity contribution >= 4 is 16.8 Å². The number of halogens is 1. The molecule has 0 fully saturated rings. The summed E-state index contributed by atoms with van der Waals surface area (Å²) in [6.07, 6.45) is 5.10. The molecule has 78 valence electrons. The van der Waals surface area contributed by atoms with Crippen LogP contribution in [0.1, 0.15) is 21.5 Å². The number of terminal acetylenes is 1. The van der Waals surface area contributed by atoms with E-state index in [1.807, 2.05) is 13.8 Å². The Morgan fingerprint density at radius 1 is 1.47 bits per heavy atom. The molecule has 0 aliphatic heterocycles. The van der Waals surface area contributed by atoms with Crippen LogP contribution in [0.3, 0.4) is 0 Å². The second kappa shape index (κ2) is 4.86. The highest BCUT2D eigenvalue weighted by molar-refractivity contribution is 6.67. The third-order valence-corrected chi connectivity index (χ3v) is 2.21. The smallest absolute Gasteiger partial charge is 0.252 e. The summed E-state index contributed by atoms with van der Waals surface area (Å²) in [5.41, 5.74) is 2.18. The van der Waals surface area contributed by atoms with E-state index in [1.54, 1.807) is 12.1 Å². The number of carbonyl (C=O) groups is 1. The van der Waals surface area contributed by atoms with Crippen LogP contribution in [0.4, 0.5) is 0 Å². The third-order valence-electron chi connectivity index (χ3n) is 1.99. The lowest BCUT2D eigenvalue weighted by Gasteiger charge is -2.10. The minimum absolute atomic E-state index is 0.218. The van der Waals surface area contributed by atoms with E-state index in [2.05, 4.69) is 5.92 Å². The molecule has 2 nitrogen and oxygen atoms in total.